The molecule has 7 heteroatoms. The third-order valence-corrected chi connectivity index (χ3v) is 5.57. The first-order valence-electron chi connectivity index (χ1n) is 8.28. The average Bonchev–Trinajstić information content (AvgIpc) is 3.33. The van der Waals surface area contributed by atoms with Gasteiger partial charge < -0.3 is 4.42 Å². The Morgan fingerprint density at radius 2 is 1.81 bits per heavy atom. The van der Waals surface area contributed by atoms with Crippen LogP contribution >= 0.6 is 27.7 Å². The molecule has 0 aliphatic carbocycles. The van der Waals surface area contributed by atoms with Gasteiger partial charge in [-0.1, -0.05) is 52.0 Å². The van der Waals surface area contributed by atoms with Crippen LogP contribution in [0.1, 0.15) is 11.3 Å². The summed E-state index contributed by atoms with van der Waals surface area (Å²) in [5, 5.41) is 9.28. The van der Waals surface area contributed by atoms with Crippen LogP contribution in [0.4, 0.5) is 4.39 Å². The van der Waals surface area contributed by atoms with Gasteiger partial charge in [0.15, 0.2) is 11.0 Å². The summed E-state index contributed by atoms with van der Waals surface area (Å²) >= 11 is 5.00. The smallest absolute Gasteiger partial charge is 0.192 e. The van der Waals surface area contributed by atoms with E-state index >= 15 is 0 Å². The number of halogens is 2. The maximum absolute atomic E-state index is 14.3. The van der Waals surface area contributed by atoms with E-state index in [-0.39, 0.29) is 5.82 Å². The quantitative estimate of drug-likeness (QED) is 0.354. The fourth-order valence-corrected chi connectivity index (χ4v) is 3.82. The topological polar surface area (TPSA) is 43.9 Å². The predicted octanol–water partition coefficient (Wildman–Crippen LogP) is 5.78. The fraction of sp³-hybridized carbons (Fsp3) is 0.100. The first-order chi connectivity index (χ1) is 13.2. The molecule has 0 radical (unpaired) electrons. The van der Waals surface area contributed by atoms with Crippen LogP contribution in [0.3, 0.4) is 0 Å². The second-order valence-electron chi connectivity index (χ2n) is 5.87. The SMILES string of the molecule is Fc1ccccc1-c1nnc(SCc2ccc(Br)cc2)n1Cc1ccco1. The van der Waals surface area contributed by atoms with Crippen LogP contribution in [0.15, 0.2) is 81.0 Å². The van der Waals surface area contributed by atoms with Gasteiger partial charge in [0.1, 0.15) is 11.6 Å². The summed E-state index contributed by atoms with van der Waals surface area (Å²) in [7, 11) is 0. The Morgan fingerprint density at radius 3 is 2.56 bits per heavy atom. The first kappa shape index (κ1) is 18.0. The van der Waals surface area contributed by atoms with E-state index in [1.807, 2.05) is 28.8 Å². The van der Waals surface area contributed by atoms with Crippen molar-refractivity contribution >= 4 is 27.7 Å². The molecule has 2 heterocycles. The van der Waals surface area contributed by atoms with E-state index in [0.29, 0.717) is 23.1 Å². The second kappa shape index (κ2) is 8.10. The molecule has 0 bridgehead atoms. The molecule has 0 amide bonds. The summed E-state index contributed by atoms with van der Waals surface area (Å²) in [4.78, 5) is 0. The highest BCUT2D eigenvalue weighted by Gasteiger charge is 2.18. The molecule has 0 aliphatic heterocycles. The van der Waals surface area contributed by atoms with Gasteiger partial charge in [-0.2, -0.15) is 0 Å². The van der Waals surface area contributed by atoms with Gasteiger partial charge in [0, 0.05) is 10.2 Å². The number of rotatable bonds is 6. The maximum atomic E-state index is 14.3. The molecule has 27 heavy (non-hydrogen) atoms. The van der Waals surface area contributed by atoms with Gasteiger partial charge in [-0.3, -0.25) is 4.57 Å². The summed E-state index contributed by atoms with van der Waals surface area (Å²) in [5.41, 5.74) is 1.59. The van der Waals surface area contributed by atoms with Crippen molar-refractivity contribution in [2.24, 2.45) is 0 Å². The summed E-state index contributed by atoms with van der Waals surface area (Å²) < 4.78 is 22.7. The largest absolute Gasteiger partial charge is 0.467 e. The fourth-order valence-electron chi connectivity index (χ4n) is 2.67. The molecular formula is C20H15BrFN3OS. The molecule has 0 saturated heterocycles. The van der Waals surface area contributed by atoms with E-state index < -0.39 is 0 Å². The number of aromatic nitrogens is 3. The summed E-state index contributed by atoms with van der Waals surface area (Å²) in [6.45, 7) is 0.437. The lowest BCUT2D eigenvalue weighted by atomic mass is 10.2. The molecule has 0 N–H and O–H groups in total. The zero-order valence-corrected chi connectivity index (χ0v) is 16.6. The van der Waals surface area contributed by atoms with Crippen LogP contribution in [-0.2, 0) is 12.3 Å². The van der Waals surface area contributed by atoms with Crippen LogP contribution in [0.2, 0.25) is 0 Å². The van der Waals surface area contributed by atoms with Crippen molar-refractivity contribution in [3.05, 3.63) is 88.5 Å². The standard InChI is InChI=1S/C20H15BrFN3OS/c21-15-9-7-14(8-10-15)13-27-20-24-23-19(17-5-1-2-6-18(17)22)25(20)12-16-4-3-11-26-16/h1-11H,12-13H2. The van der Waals surface area contributed by atoms with E-state index in [1.54, 1.807) is 36.2 Å². The normalized spacial score (nSPS) is 11.0. The lowest BCUT2D eigenvalue weighted by Crippen LogP contribution is -2.04. The van der Waals surface area contributed by atoms with Gasteiger partial charge in [-0.25, -0.2) is 4.39 Å². The Bertz CT molecular complexity index is 1030. The molecular weight excluding hydrogens is 429 g/mol. The molecule has 4 nitrogen and oxygen atoms in total. The molecule has 0 saturated carbocycles. The zero-order chi connectivity index (χ0) is 18.6. The molecule has 0 aliphatic rings. The minimum absolute atomic E-state index is 0.324. The van der Waals surface area contributed by atoms with E-state index in [1.165, 1.54) is 11.6 Å². The highest BCUT2D eigenvalue weighted by Crippen LogP contribution is 2.29. The van der Waals surface area contributed by atoms with Crippen LogP contribution in [0.5, 0.6) is 0 Å². The third-order valence-electron chi connectivity index (χ3n) is 4.01. The Morgan fingerprint density at radius 1 is 1.00 bits per heavy atom. The molecule has 0 fully saturated rings. The van der Waals surface area contributed by atoms with Gasteiger partial charge in [-0.15, -0.1) is 10.2 Å². The van der Waals surface area contributed by atoms with Gasteiger partial charge in [0.05, 0.1) is 18.4 Å². The lowest BCUT2D eigenvalue weighted by Gasteiger charge is -2.09. The van der Waals surface area contributed by atoms with Crippen LogP contribution in [-0.4, -0.2) is 14.8 Å². The van der Waals surface area contributed by atoms with Crippen molar-refractivity contribution < 1.29 is 8.81 Å². The molecule has 4 aromatic rings. The van der Waals surface area contributed by atoms with Crippen molar-refractivity contribution in [1.82, 2.24) is 14.8 Å². The highest BCUT2D eigenvalue weighted by atomic mass is 79.9. The minimum Gasteiger partial charge on any atom is -0.467 e. The monoisotopic (exact) mass is 443 g/mol. The van der Waals surface area contributed by atoms with E-state index in [9.17, 15) is 4.39 Å². The molecule has 0 spiro atoms. The summed E-state index contributed by atoms with van der Waals surface area (Å²) in [5.74, 6) is 1.66. The second-order valence-corrected chi connectivity index (χ2v) is 7.72. The molecule has 136 valence electrons. The van der Waals surface area contributed by atoms with E-state index in [2.05, 4.69) is 38.3 Å². The van der Waals surface area contributed by atoms with Crippen molar-refractivity contribution in [3.8, 4) is 11.4 Å². The van der Waals surface area contributed by atoms with Gasteiger partial charge in [-0.05, 0) is 42.0 Å². The van der Waals surface area contributed by atoms with Crippen molar-refractivity contribution in [3.63, 3.8) is 0 Å². The molecule has 0 atom stereocenters. The van der Waals surface area contributed by atoms with Crippen LogP contribution < -0.4 is 0 Å². The number of hydrogen-bond acceptors (Lipinski definition) is 4. The highest BCUT2D eigenvalue weighted by molar-refractivity contribution is 9.10. The van der Waals surface area contributed by atoms with Gasteiger partial charge >= 0.3 is 0 Å². The van der Waals surface area contributed by atoms with Crippen LogP contribution in [0.25, 0.3) is 11.4 Å². The Balaban J connectivity index is 1.66. The summed E-state index contributed by atoms with van der Waals surface area (Å²) in [6.07, 6.45) is 1.62. The van der Waals surface area contributed by atoms with Crippen LogP contribution in [0, 0.1) is 5.82 Å². The molecule has 2 aromatic heterocycles. The van der Waals surface area contributed by atoms with Gasteiger partial charge in [0.25, 0.3) is 0 Å². The Hall–Kier alpha value is -2.38. The summed E-state index contributed by atoms with van der Waals surface area (Å²) in [6, 6.07) is 18.4. The Kier molecular flexibility index (Phi) is 5.40. The Labute approximate surface area is 168 Å². The number of furan rings is 1. The van der Waals surface area contributed by atoms with Crippen molar-refractivity contribution in [2.75, 3.05) is 0 Å². The number of thioether (sulfide) groups is 1. The third kappa shape index (κ3) is 4.14. The number of benzene rings is 2. The minimum atomic E-state index is -0.324. The van der Waals surface area contributed by atoms with Gasteiger partial charge in [0.2, 0.25) is 0 Å². The molecule has 0 unspecified atom stereocenters. The zero-order valence-electron chi connectivity index (χ0n) is 14.2. The lowest BCUT2D eigenvalue weighted by molar-refractivity contribution is 0.485. The van der Waals surface area contributed by atoms with E-state index in [4.69, 9.17) is 4.42 Å². The molecule has 2 aromatic carbocycles. The molecule has 4 rings (SSSR count). The average molecular weight is 444 g/mol. The first-order valence-corrected chi connectivity index (χ1v) is 10.1. The van der Waals surface area contributed by atoms with Crippen molar-refractivity contribution in [2.45, 2.75) is 17.5 Å². The number of hydrogen-bond donors (Lipinski definition) is 0. The predicted molar refractivity (Wildman–Crippen MR) is 107 cm³/mol. The van der Waals surface area contributed by atoms with E-state index in [0.717, 1.165) is 16.0 Å². The number of nitrogens with zero attached hydrogens (tertiary/aromatic N) is 3. The van der Waals surface area contributed by atoms with Crippen molar-refractivity contribution in [1.29, 1.82) is 0 Å². The maximum Gasteiger partial charge on any atom is 0.192 e.